The number of halogens is 1. The Bertz CT molecular complexity index is 839. The Morgan fingerprint density at radius 1 is 1.29 bits per heavy atom. The van der Waals surface area contributed by atoms with Gasteiger partial charge in [0.25, 0.3) is 5.88 Å². The summed E-state index contributed by atoms with van der Waals surface area (Å²) in [5, 5.41) is 6.79. The van der Waals surface area contributed by atoms with Crippen LogP contribution >= 0.6 is 11.3 Å². The van der Waals surface area contributed by atoms with E-state index in [-0.39, 0.29) is 11.7 Å². The summed E-state index contributed by atoms with van der Waals surface area (Å²) < 4.78 is 18.0. The molecule has 7 nitrogen and oxygen atoms in total. The van der Waals surface area contributed by atoms with E-state index in [1.54, 1.807) is 25.4 Å². The first-order chi connectivity index (χ1) is 11.6. The van der Waals surface area contributed by atoms with Gasteiger partial charge in [-0.05, 0) is 31.2 Å². The Labute approximate surface area is 140 Å². The van der Waals surface area contributed by atoms with Crippen LogP contribution in [-0.2, 0) is 0 Å². The van der Waals surface area contributed by atoms with Crippen molar-refractivity contribution in [1.82, 2.24) is 15.0 Å². The van der Waals surface area contributed by atoms with Crippen molar-refractivity contribution < 1.29 is 13.9 Å². The Hall–Kier alpha value is -3.07. The van der Waals surface area contributed by atoms with Gasteiger partial charge in [0, 0.05) is 6.20 Å². The number of carbonyl (C=O) groups excluding carboxylic acids is 1. The summed E-state index contributed by atoms with van der Waals surface area (Å²) in [5.74, 6) is -0.178. The number of nitrogens with one attached hydrogen (secondary N) is 2. The van der Waals surface area contributed by atoms with E-state index < -0.39 is 11.9 Å². The van der Waals surface area contributed by atoms with Crippen LogP contribution in [0.15, 0.2) is 42.9 Å². The van der Waals surface area contributed by atoms with Gasteiger partial charge in [0.05, 0.1) is 23.1 Å². The summed E-state index contributed by atoms with van der Waals surface area (Å²) in [6.45, 7) is 1.80. The Morgan fingerprint density at radius 2 is 2.17 bits per heavy atom. The standard InChI is InChI=1S/C15H12FN5O2S/c1-9-19-13(14(24-9)20-11-3-2-6-17-8-11)23-15(22)21-12-5-4-10(16)7-18-12/h2-8,20H,1H3,(H,18,21,22). The lowest BCUT2D eigenvalue weighted by molar-refractivity contribution is 0.213. The summed E-state index contributed by atoms with van der Waals surface area (Å²) in [5.41, 5.74) is 0.742. The first-order valence-corrected chi connectivity index (χ1v) is 7.66. The van der Waals surface area contributed by atoms with Crippen molar-refractivity contribution in [2.75, 3.05) is 10.6 Å². The minimum absolute atomic E-state index is 0.140. The van der Waals surface area contributed by atoms with E-state index in [2.05, 4.69) is 25.6 Å². The molecule has 9 heteroatoms. The van der Waals surface area contributed by atoms with Gasteiger partial charge in [-0.3, -0.25) is 10.3 Å². The maximum atomic E-state index is 12.8. The first kappa shape index (κ1) is 15.8. The van der Waals surface area contributed by atoms with Gasteiger partial charge >= 0.3 is 6.09 Å². The monoisotopic (exact) mass is 345 g/mol. The molecule has 0 spiro atoms. The van der Waals surface area contributed by atoms with Gasteiger partial charge in [-0.2, -0.15) is 0 Å². The van der Waals surface area contributed by atoms with E-state index in [0.717, 1.165) is 16.9 Å². The van der Waals surface area contributed by atoms with Crippen LogP contribution in [0.2, 0.25) is 0 Å². The van der Waals surface area contributed by atoms with Crippen LogP contribution in [0.5, 0.6) is 5.88 Å². The quantitative estimate of drug-likeness (QED) is 0.749. The average Bonchev–Trinajstić information content (AvgIpc) is 2.89. The van der Waals surface area contributed by atoms with Crippen LogP contribution in [0.1, 0.15) is 5.01 Å². The van der Waals surface area contributed by atoms with Crippen molar-refractivity contribution >= 4 is 33.9 Å². The minimum atomic E-state index is -0.770. The molecule has 0 bridgehead atoms. The maximum Gasteiger partial charge on any atom is 0.419 e. The molecule has 3 aromatic rings. The van der Waals surface area contributed by atoms with Gasteiger partial charge in [-0.25, -0.2) is 19.2 Å². The molecule has 3 aromatic heterocycles. The molecular weight excluding hydrogens is 333 g/mol. The van der Waals surface area contributed by atoms with Gasteiger partial charge in [0.1, 0.15) is 11.6 Å². The average molecular weight is 345 g/mol. The topological polar surface area (TPSA) is 89.0 Å². The highest BCUT2D eigenvalue weighted by atomic mass is 32.1. The molecule has 0 aliphatic carbocycles. The molecule has 2 N–H and O–H groups in total. The first-order valence-electron chi connectivity index (χ1n) is 6.85. The molecule has 122 valence electrons. The maximum absolute atomic E-state index is 12.8. The zero-order chi connectivity index (χ0) is 16.9. The molecule has 24 heavy (non-hydrogen) atoms. The number of rotatable bonds is 4. The van der Waals surface area contributed by atoms with Crippen molar-refractivity contribution in [1.29, 1.82) is 0 Å². The van der Waals surface area contributed by atoms with Crippen LogP contribution < -0.4 is 15.4 Å². The number of hydrogen-bond donors (Lipinski definition) is 2. The lowest BCUT2D eigenvalue weighted by Crippen LogP contribution is -2.18. The Morgan fingerprint density at radius 3 is 2.88 bits per heavy atom. The van der Waals surface area contributed by atoms with Crippen molar-refractivity contribution in [2.24, 2.45) is 0 Å². The zero-order valence-electron chi connectivity index (χ0n) is 12.5. The normalized spacial score (nSPS) is 10.2. The second-order valence-corrected chi connectivity index (χ2v) is 5.81. The van der Waals surface area contributed by atoms with Crippen molar-refractivity contribution in [3.8, 4) is 5.88 Å². The molecule has 0 unspecified atom stereocenters. The van der Waals surface area contributed by atoms with Gasteiger partial charge in [-0.15, -0.1) is 0 Å². The van der Waals surface area contributed by atoms with Crippen LogP contribution in [0.4, 0.5) is 25.7 Å². The molecule has 0 aliphatic rings. The third-order valence-corrected chi connectivity index (χ3v) is 3.64. The van der Waals surface area contributed by atoms with Crippen molar-refractivity contribution in [2.45, 2.75) is 6.92 Å². The van der Waals surface area contributed by atoms with Crippen molar-refractivity contribution in [3.63, 3.8) is 0 Å². The number of nitrogens with zero attached hydrogens (tertiary/aromatic N) is 3. The molecule has 0 fully saturated rings. The van der Waals surface area contributed by atoms with Gasteiger partial charge in [0.2, 0.25) is 0 Å². The number of anilines is 3. The molecule has 0 saturated carbocycles. The van der Waals surface area contributed by atoms with E-state index in [1.165, 1.54) is 23.5 Å². The third-order valence-electron chi connectivity index (χ3n) is 2.77. The fraction of sp³-hybridized carbons (Fsp3) is 0.0667. The van der Waals surface area contributed by atoms with E-state index >= 15 is 0 Å². The van der Waals surface area contributed by atoms with Crippen molar-refractivity contribution in [3.05, 3.63) is 53.7 Å². The summed E-state index contributed by atoms with van der Waals surface area (Å²) in [6.07, 6.45) is 3.52. The number of thiazole rings is 1. The summed E-state index contributed by atoms with van der Waals surface area (Å²) in [6, 6.07) is 6.13. The number of hydrogen-bond acceptors (Lipinski definition) is 7. The molecule has 3 heterocycles. The largest absolute Gasteiger partial charge is 0.419 e. The molecular formula is C15H12FN5O2S. The minimum Gasteiger partial charge on any atom is -0.388 e. The molecule has 0 aromatic carbocycles. The number of ether oxygens (including phenoxy) is 1. The predicted molar refractivity (Wildman–Crippen MR) is 88.2 cm³/mol. The number of aryl methyl sites for hydroxylation is 1. The second kappa shape index (κ2) is 7.01. The van der Waals surface area contributed by atoms with E-state index in [1.807, 2.05) is 6.07 Å². The van der Waals surface area contributed by atoms with Crippen LogP contribution in [0.25, 0.3) is 0 Å². The van der Waals surface area contributed by atoms with E-state index in [4.69, 9.17) is 4.74 Å². The van der Waals surface area contributed by atoms with Crippen LogP contribution in [-0.4, -0.2) is 21.0 Å². The van der Waals surface area contributed by atoms with Gasteiger partial charge in [0.15, 0.2) is 5.00 Å². The number of carbonyl (C=O) groups is 1. The molecule has 0 saturated heterocycles. The molecule has 1 amide bonds. The predicted octanol–water partition coefficient (Wildman–Crippen LogP) is 3.74. The number of pyridine rings is 2. The summed E-state index contributed by atoms with van der Waals surface area (Å²) in [7, 11) is 0. The Balaban J connectivity index is 1.70. The zero-order valence-corrected chi connectivity index (χ0v) is 13.3. The molecule has 0 atom stereocenters. The van der Waals surface area contributed by atoms with E-state index in [0.29, 0.717) is 5.00 Å². The highest BCUT2D eigenvalue weighted by Crippen LogP contribution is 2.33. The fourth-order valence-corrected chi connectivity index (χ4v) is 2.56. The van der Waals surface area contributed by atoms with Gasteiger partial charge < -0.3 is 10.1 Å². The SMILES string of the molecule is Cc1nc(OC(=O)Nc2ccc(F)cn2)c(Nc2cccnc2)s1. The van der Waals surface area contributed by atoms with Crippen LogP contribution in [0.3, 0.4) is 0 Å². The fourth-order valence-electron chi connectivity index (χ4n) is 1.79. The highest BCUT2D eigenvalue weighted by Gasteiger charge is 2.15. The molecule has 0 aliphatic heterocycles. The second-order valence-electron chi connectivity index (χ2n) is 4.61. The molecule has 3 rings (SSSR count). The van der Waals surface area contributed by atoms with Crippen LogP contribution in [0, 0.1) is 12.7 Å². The number of amides is 1. The highest BCUT2D eigenvalue weighted by molar-refractivity contribution is 7.16. The third kappa shape index (κ3) is 4.02. The van der Waals surface area contributed by atoms with Gasteiger partial charge in [-0.1, -0.05) is 11.3 Å². The lowest BCUT2D eigenvalue weighted by atomic mass is 10.4. The summed E-state index contributed by atoms with van der Waals surface area (Å²) >= 11 is 1.34. The number of aromatic nitrogens is 3. The van der Waals surface area contributed by atoms with E-state index in [9.17, 15) is 9.18 Å². The summed E-state index contributed by atoms with van der Waals surface area (Å²) in [4.78, 5) is 23.8. The molecule has 0 radical (unpaired) electrons. The lowest BCUT2D eigenvalue weighted by Gasteiger charge is -2.07. The smallest absolute Gasteiger partial charge is 0.388 e. The Kier molecular flexibility index (Phi) is 4.62.